The van der Waals surface area contributed by atoms with Gasteiger partial charge in [0.05, 0.1) is 12.1 Å². The fourth-order valence-electron chi connectivity index (χ4n) is 2.35. The quantitative estimate of drug-likeness (QED) is 0.866. The van der Waals surface area contributed by atoms with E-state index in [1.165, 1.54) is 4.90 Å². The Morgan fingerprint density at radius 1 is 1.20 bits per heavy atom. The van der Waals surface area contributed by atoms with Crippen molar-refractivity contribution in [1.82, 2.24) is 0 Å². The number of phenolic OH excluding ortho intramolecular Hbond substituents is 1. The Morgan fingerprint density at radius 2 is 1.95 bits per heavy atom. The van der Waals surface area contributed by atoms with E-state index in [-0.39, 0.29) is 24.2 Å². The van der Waals surface area contributed by atoms with Crippen LogP contribution < -0.4 is 9.64 Å². The summed E-state index contributed by atoms with van der Waals surface area (Å²) in [6.45, 7) is 0. The normalized spacial score (nSPS) is 18.1. The zero-order valence-electron chi connectivity index (χ0n) is 11.1. The van der Waals surface area contributed by atoms with Gasteiger partial charge in [0.1, 0.15) is 17.6 Å². The number of carbonyl (C=O) groups is 1. The lowest BCUT2D eigenvalue weighted by molar-refractivity contribution is -0.119. The van der Waals surface area contributed by atoms with Gasteiger partial charge in [0.15, 0.2) is 0 Å². The second kappa shape index (κ2) is 4.89. The molecular formula is C16H15NO3. The molecule has 3 rings (SSSR count). The Bertz CT molecular complexity index is 639. The molecule has 2 aromatic carbocycles. The second-order valence-electron chi connectivity index (χ2n) is 4.83. The molecule has 4 heteroatoms. The maximum atomic E-state index is 12.2. The fraction of sp³-hybridized carbons (Fsp3) is 0.188. The summed E-state index contributed by atoms with van der Waals surface area (Å²) in [5.74, 6) is 0.679. The van der Waals surface area contributed by atoms with Gasteiger partial charge in [0.2, 0.25) is 5.91 Å². The van der Waals surface area contributed by atoms with Crippen molar-refractivity contribution < 1.29 is 14.6 Å². The minimum Gasteiger partial charge on any atom is -0.508 e. The number of hydrogen-bond acceptors (Lipinski definition) is 3. The maximum Gasteiger partial charge on any atom is 0.230 e. The van der Waals surface area contributed by atoms with Gasteiger partial charge in [-0.25, -0.2) is 0 Å². The summed E-state index contributed by atoms with van der Waals surface area (Å²) in [5.41, 5.74) is 1.56. The van der Waals surface area contributed by atoms with E-state index in [0.717, 1.165) is 5.56 Å². The highest BCUT2D eigenvalue weighted by Crippen LogP contribution is 2.38. The van der Waals surface area contributed by atoms with Gasteiger partial charge in [-0.2, -0.15) is 0 Å². The average Bonchev–Trinajstić information content (AvgIpc) is 2.59. The highest BCUT2D eigenvalue weighted by atomic mass is 16.5. The van der Waals surface area contributed by atoms with Crippen LogP contribution in [0.3, 0.4) is 0 Å². The van der Waals surface area contributed by atoms with Crippen molar-refractivity contribution in [1.29, 1.82) is 0 Å². The van der Waals surface area contributed by atoms with Crippen LogP contribution in [0.2, 0.25) is 0 Å². The predicted molar refractivity (Wildman–Crippen MR) is 75.9 cm³/mol. The Kier molecular flexibility index (Phi) is 3.06. The monoisotopic (exact) mass is 269 g/mol. The Hall–Kier alpha value is -2.49. The topological polar surface area (TPSA) is 49.8 Å². The molecule has 1 N–H and O–H groups in total. The Labute approximate surface area is 117 Å². The zero-order valence-corrected chi connectivity index (χ0v) is 11.1. The number of amides is 1. The summed E-state index contributed by atoms with van der Waals surface area (Å²) < 4.78 is 5.97. The number of phenols is 1. The molecule has 1 aliphatic heterocycles. The van der Waals surface area contributed by atoms with E-state index in [1.807, 2.05) is 30.3 Å². The van der Waals surface area contributed by atoms with E-state index in [2.05, 4.69) is 0 Å². The van der Waals surface area contributed by atoms with E-state index in [1.54, 1.807) is 25.2 Å². The van der Waals surface area contributed by atoms with Crippen LogP contribution in [0.4, 0.5) is 5.69 Å². The van der Waals surface area contributed by atoms with Crippen molar-refractivity contribution in [2.75, 3.05) is 11.9 Å². The number of anilines is 1. The number of benzene rings is 2. The molecule has 0 unspecified atom stereocenters. The molecule has 0 bridgehead atoms. The van der Waals surface area contributed by atoms with Crippen molar-refractivity contribution in [3.05, 3.63) is 54.1 Å². The van der Waals surface area contributed by atoms with Crippen LogP contribution in [-0.2, 0) is 4.79 Å². The number of rotatable bonds is 1. The first-order valence-corrected chi connectivity index (χ1v) is 6.46. The van der Waals surface area contributed by atoms with E-state index >= 15 is 0 Å². The second-order valence-corrected chi connectivity index (χ2v) is 4.83. The van der Waals surface area contributed by atoms with Crippen LogP contribution in [0, 0.1) is 0 Å². The molecule has 0 spiro atoms. The molecule has 1 amide bonds. The predicted octanol–water partition coefficient (Wildman–Crippen LogP) is 2.88. The number of ether oxygens (including phenoxy) is 1. The molecule has 0 aliphatic carbocycles. The van der Waals surface area contributed by atoms with E-state index in [0.29, 0.717) is 11.4 Å². The van der Waals surface area contributed by atoms with Crippen molar-refractivity contribution in [3.8, 4) is 11.5 Å². The van der Waals surface area contributed by atoms with E-state index in [9.17, 15) is 9.90 Å². The Balaban J connectivity index is 2.03. The first-order valence-electron chi connectivity index (χ1n) is 6.46. The number of fused-ring (bicyclic) bond motifs is 1. The van der Waals surface area contributed by atoms with Gasteiger partial charge in [-0.15, -0.1) is 0 Å². The van der Waals surface area contributed by atoms with Crippen molar-refractivity contribution in [2.24, 2.45) is 0 Å². The third kappa shape index (κ3) is 2.20. The lowest BCUT2D eigenvalue weighted by Gasteiger charge is -2.16. The Morgan fingerprint density at radius 3 is 2.70 bits per heavy atom. The van der Waals surface area contributed by atoms with Crippen LogP contribution >= 0.6 is 0 Å². The number of aromatic hydroxyl groups is 1. The third-order valence-electron chi connectivity index (χ3n) is 3.48. The average molecular weight is 269 g/mol. The molecule has 4 nitrogen and oxygen atoms in total. The maximum absolute atomic E-state index is 12.2. The van der Waals surface area contributed by atoms with Crippen molar-refractivity contribution in [2.45, 2.75) is 12.5 Å². The summed E-state index contributed by atoms with van der Waals surface area (Å²) in [7, 11) is 1.69. The molecule has 0 radical (unpaired) electrons. The van der Waals surface area contributed by atoms with Crippen LogP contribution in [0.5, 0.6) is 11.5 Å². The molecule has 20 heavy (non-hydrogen) atoms. The largest absolute Gasteiger partial charge is 0.508 e. The van der Waals surface area contributed by atoms with Gasteiger partial charge < -0.3 is 14.7 Å². The lowest BCUT2D eigenvalue weighted by Crippen LogP contribution is -2.25. The standard InChI is InChI=1S/C16H15NO3/c1-17-13-9-12(18)7-8-14(13)20-15(10-16(17)19)11-5-3-2-4-6-11/h2-9,15,18H,10H2,1H3/t15-/m1/s1. The van der Waals surface area contributed by atoms with Gasteiger partial charge in [-0.1, -0.05) is 30.3 Å². The molecule has 1 heterocycles. The lowest BCUT2D eigenvalue weighted by atomic mass is 10.1. The molecule has 102 valence electrons. The zero-order chi connectivity index (χ0) is 14.1. The van der Waals surface area contributed by atoms with Crippen molar-refractivity contribution >= 4 is 11.6 Å². The number of hydrogen-bond donors (Lipinski definition) is 1. The number of carbonyl (C=O) groups excluding carboxylic acids is 1. The summed E-state index contributed by atoms with van der Waals surface area (Å²) in [6, 6.07) is 14.5. The molecule has 2 aromatic rings. The third-order valence-corrected chi connectivity index (χ3v) is 3.48. The highest BCUT2D eigenvalue weighted by Gasteiger charge is 2.27. The molecule has 0 fully saturated rings. The minimum atomic E-state index is -0.308. The van der Waals surface area contributed by atoms with E-state index in [4.69, 9.17) is 4.74 Å². The first kappa shape index (κ1) is 12.5. The van der Waals surface area contributed by atoms with Gasteiger partial charge in [-0.3, -0.25) is 4.79 Å². The van der Waals surface area contributed by atoms with Gasteiger partial charge >= 0.3 is 0 Å². The van der Waals surface area contributed by atoms with Gasteiger partial charge in [0, 0.05) is 13.1 Å². The first-order chi connectivity index (χ1) is 9.65. The van der Waals surface area contributed by atoms with Gasteiger partial charge in [0.25, 0.3) is 0 Å². The molecule has 1 aliphatic rings. The van der Waals surface area contributed by atoms with Crippen LogP contribution in [-0.4, -0.2) is 18.1 Å². The summed E-state index contributed by atoms with van der Waals surface area (Å²) in [5, 5.41) is 9.57. The molecule has 1 atom stereocenters. The summed E-state index contributed by atoms with van der Waals surface area (Å²) in [6.07, 6.45) is -0.0346. The van der Waals surface area contributed by atoms with Gasteiger partial charge in [-0.05, 0) is 17.7 Å². The van der Waals surface area contributed by atoms with Crippen molar-refractivity contribution in [3.63, 3.8) is 0 Å². The van der Waals surface area contributed by atoms with Crippen LogP contribution in [0.1, 0.15) is 18.1 Å². The fourth-order valence-corrected chi connectivity index (χ4v) is 2.35. The number of nitrogens with zero attached hydrogens (tertiary/aromatic N) is 1. The van der Waals surface area contributed by atoms with Crippen LogP contribution in [0.25, 0.3) is 0 Å². The highest BCUT2D eigenvalue weighted by molar-refractivity contribution is 5.95. The van der Waals surface area contributed by atoms with E-state index < -0.39 is 0 Å². The summed E-state index contributed by atoms with van der Waals surface area (Å²) >= 11 is 0. The molecule has 0 saturated heterocycles. The smallest absolute Gasteiger partial charge is 0.230 e. The van der Waals surface area contributed by atoms with Crippen LogP contribution in [0.15, 0.2) is 48.5 Å². The SMILES string of the molecule is CN1C(=O)C[C@H](c2ccccc2)Oc2ccc(O)cc21. The molecule has 0 aromatic heterocycles. The minimum absolute atomic E-state index is 0.0387. The summed E-state index contributed by atoms with van der Waals surface area (Å²) in [4.78, 5) is 13.8. The molecule has 0 saturated carbocycles. The molecular weight excluding hydrogens is 254 g/mol.